The monoisotopic (exact) mass is 551 g/mol. The third-order valence-electron chi connectivity index (χ3n) is 6.88. The maximum atomic E-state index is 13.7. The average Bonchev–Trinajstić information content (AvgIpc) is 2.94. The summed E-state index contributed by atoms with van der Waals surface area (Å²) in [5, 5.41) is 19.1. The summed E-state index contributed by atoms with van der Waals surface area (Å²) in [6.07, 6.45) is -0.609. The molecule has 39 heavy (non-hydrogen) atoms. The van der Waals surface area contributed by atoms with Gasteiger partial charge in [-0.25, -0.2) is 12.8 Å². The molecule has 4 rings (SSSR count). The van der Waals surface area contributed by atoms with Crippen LogP contribution in [0, 0.1) is 23.1 Å². The lowest BCUT2D eigenvalue weighted by Crippen LogP contribution is -2.50. The molecule has 0 aliphatic carbocycles. The summed E-state index contributed by atoms with van der Waals surface area (Å²) in [7, 11) is -2.43. The van der Waals surface area contributed by atoms with Crippen LogP contribution in [0.4, 0.5) is 4.39 Å². The zero-order valence-corrected chi connectivity index (χ0v) is 22.7. The minimum absolute atomic E-state index is 0.0487. The van der Waals surface area contributed by atoms with E-state index in [1.807, 2.05) is 13.0 Å². The molecular weight excluding hydrogens is 521 g/mol. The van der Waals surface area contributed by atoms with E-state index in [2.05, 4.69) is 6.07 Å². The lowest BCUT2D eigenvalue weighted by atomic mass is 10.0. The van der Waals surface area contributed by atoms with Gasteiger partial charge in [0, 0.05) is 31.1 Å². The number of sulfonamides is 1. The Bertz CT molecular complexity index is 1500. The molecular formula is C29H30FN3O5S. The van der Waals surface area contributed by atoms with Gasteiger partial charge in [0.25, 0.3) is 5.91 Å². The van der Waals surface area contributed by atoms with Crippen molar-refractivity contribution < 1.29 is 27.4 Å². The van der Waals surface area contributed by atoms with Crippen molar-refractivity contribution in [3.8, 4) is 22.9 Å². The second kappa shape index (κ2) is 11.5. The number of halogens is 1. The van der Waals surface area contributed by atoms with E-state index in [0.717, 1.165) is 0 Å². The number of aliphatic hydroxyl groups is 1. The molecule has 0 bridgehead atoms. The summed E-state index contributed by atoms with van der Waals surface area (Å²) in [6, 6.07) is 18.4. The SMILES string of the molecule is C[C@H](CO)N1C[C@H](C)[C@@H](CN(C)C(=O)c2ccc(F)cc2)Oc2cc(-c3cccc(C#N)c3)ccc2S1(=O)=O. The van der Waals surface area contributed by atoms with Gasteiger partial charge in [-0.15, -0.1) is 0 Å². The zero-order valence-electron chi connectivity index (χ0n) is 21.9. The van der Waals surface area contributed by atoms with Crippen molar-refractivity contribution in [1.82, 2.24) is 9.21 Å². The van der Waals surface area contributed by atoms with Crippen molar-refractivity contribution in [2.24, 2.45) is 5.92 Å². The van der Waals surface area contributed by atoms with E-state index in [0.29, 0.717) is 22.3 Å². The molecule has 1 amide bonds. The van der Waals surface area contributed by atoms with Crippen molar-refractivity contribution in [3.05, 3.63) is 83.7 Å². The number of likely N-dealkylation sites (N-methyl/N-ethyl adjacent to an activating group) is 1. The Hall–Kier alpha value is -3.78. The fourth-order valence-corrected chi connectivity index (χ4v) is 6.38. The molecule has 0 saturated carbocycles. The molecule has 0 radical (unpaired) electrons. The second-order valence-corrected chi connectivity index (χ2v) is 11.6. The third-order valence-corrected chi connectivity index (χ3v) is 8.90. The van der Waals surface area contributed by atoms with Crippen LogP contribution in [0.5, 0.6) is 5.75 Å². The topological polar surface area (TPSA) is 111 Å². The fraction of sp³-hybridized carbons (Fsp3) is 0.310. The summed E-state index contributed by atoms with van der Waals surface area (Å²) in [5.41, 5.74) is 2.15. The number of hydrogen-bond donors (Lipinski definition) is 1. The predicted molar refractivity (Wildman–Crippen MR) is 144 cm³/mol. The Labute approximate surface area is 227 Å². The van der Waals surface area contributed by atoms with Gasteiger partial charge in [-0.3, -0.25) is 4.79 Å². The zero-order chi connectivity index (χ0) is 28.3. The summed E-state index contributed by atoms with van der Waals surface area (Å²) < 4.78 is 48.4. The summed E-state index contributed by atoms with van der Waals surface area (Å²) >= 11 is 0. The summed E-state index contributed by atoms with van der Waals surface area (Å²) in [4.78, 5) is 14.5. The lowest BCUT2D eigenvalue weighted by Gasteiger charge is -2.37. The Morgan fingerprint density at radius 1 is 1.18 bits per heavy atom. The van der Waals surface area contributed by atoms with Gasteiger partial charge in [0.15, 0.2) is 0 Å². The van der Waals surface area contributed by atoms with Gasteiger partial charge >= 0.3 is 0 Å². The third kappa shape index (κ3) is 5.96. The maximum Gasteiger partial charge on any atom is 0.253 e. The number of amides is 1. The van der Waals surface area contributed by atoms with Gasteiger partial charge in [-0.2, -0.15) is 9.57 Å². The van der Waals surface area contributed by atoms with E-state index >= 15 is 0 Å². The van der Waals surface area contributed by atoms with Crippen LogP contribution >= 0.6 is 0 Å². The van der Waals surface area contributed by atoms with Crippen LogP contribution in [0.15, 0.2) is 71.6 Å². The van der Waals surface area contributed by atoms with E-state index in [4.69, 9.17) is 4.74 Å². The first-order chi connectivity index (χ1) is 18.5. The molecule has 1 heterocycles. The number of hydrogen-bond acceptors (Lipinski definition) is 6. The highest BCUT2D eigenvalue weighted by molar-refractivity contribution is 7.89. The Morgan fingerprint density at radius 2 is 1.87 bits per heavy atom. The number of rotatable bonds is 6. The first-order valence-corrected chi connectivity index (χ1v) is 13.9. The standard InChI is InChI=1S/C29H30FN3O5S/c1-19-16-33(20(2)18-34)39(36,37)28-12-9-24(23-6-4-5-21(13-23)15-31)14-26(28)38-27(19)17-32(3)29(35)22-7-10-25(30)11-8-22/h4-14,19-20,27,34H,16-18H2,1-3H3/t19-,20+,27+/m0/s1. The number of benzene rings is 3. The van der Waals surface area contributed by atoms with Crippen LogP contribution in [-0.4, -0.2) is 67.5 Å². The van der Waals surface area contributed by atoms with Crippen LogP contribution in [-0.2, 0) is 10.0 Å². The highest BCUT2D eigenvalue weighted by Gasteiger charge is 2.38. The van der Waals surface area contributed by atoms with Crippen LogP contribution in [0.3, 0.4) is 0 Å². The average molecular weight is 552 g/mol. The fourth-order valence-electron chi connectivity index (χ4n) is 4.56. The second-order valence-electron chi connectivity index (χ2n) is 9.79. The molecule has 0 unspecified atom stereocenters. The molecule has 0 saturated heterocycles. The first-order valence-electron chi connectivity index (χ1n) is 12.5. The number of nitrogens with zero attached hydrogens (tertiary/aromatic N) is 3. The van der Waals surface area contributed by atoms with Crippen molar-refractivity contribution in [2.45, 2.75) is 30.9 Å². The van der Waals surface area contributed by atoms with E-state index in [1.165, 1.54) is 39.5 Å². The summed E-state index contributed by atoms with van der Waals surface area (Å²) in [5.74, 6) is -1.03. The Balaban J connectivity index is 1.75. The Kier molecular flexibility index (Phi) is 8.35. The van der Waals surface area contributed by atoms with Crippen molar-refractivity contribution in [3.63, 3.8) is 0 Å². The molecule has 10 heteroatoms. The molecule has 0 aromatic heterocycles. The molecule has 3 aromatic carbocycles. The van der Waals surface area contributed by atoms with Gasteiger partial charge < -0.3 is 14.7 Å². The van der Waals surface area contributed by atoms with Gasteiger partial charge in [0.1, 0.15) is 22.6 Å². The minimum Gasteiger partial charge on any atom is -0.487 e. The molecule has 1 N–H and O–H groups in total. The minimum atomic E-state index is -4.03. The highest BCUT2D eigenvalue weighted by Crippen LogP contribution is 2.36. The van der Waals surface area contributed by atoms with Crippen molar-refractivity contribution >= 4 is 15.9 Å². The molecule has 3 atom stereocenters. The number of ether oxygens (including phenoxy) is 1. The quantitative estimate of drug-likeness (QED) is 0.498. The van der Waals surface area contributed by atoms with E-state index in [-0.39, 0.29) is 42.2 Å². The number of fused-ring (bicyclic) bond motifs is 1. The van der Waals surface area contributed by atoms with E-state index < -0.39 is 28.0 Å². The van der Waals surface area contributed by atoms with Crippen molar-refractivity contribution in [2.75, 3.05) is 26.7 Å². The maximum absolute atomic E-state index is 13.7. The van der Waals surface area contributed by atoms with Crippen LogP contribution in [0.2, 0.25) is 0 Å². The molecule has 1 aliphatic rings. The summed E-state index contributed by atoms with van der Waals surface area (Å²) in [6.45, 7) is 3.30. The normalized spacial score (nSPS) is 19.5. The molecule has 8 nitrogen and oxygen atoms in total. The molecule has 3 aromatic rings. The van der Waals surface area contributed by atoms with Gasteiger partial charge in [-0.05, 0) is 66.6 Å². The number of carbonyl (C=O) groups excluding carboxylic acids is 1. The largest absolute Gasteiger partial charge is 0.487 e. The molecule has 204 valence electrons. The van der Waals surface area contributed by atoms with Crippen LogP contribution in [0.1, 0.15) is 29.8 Å². The van der Waals surface area contributed by atoms with Crippen molar-refractivity contribution in [1.29, 1.82) is 5.26 Å². The van der Waals surface area contributed by atoms with E-state index in [1.54, 1.807) is 44.3 Å². The number of aliphatic hydroxyl groups excluding tert-OH is 1. The number of carbonyl (C=O) groups is 1. The highest BCUT2D eigenvalue weighted by atomic mass is 32.2. The lowest BCUT2D eigenvalue weighted by molar-refractivity contribution is 0.0564. The first kappa shape index (κ1) is 28.2. The predicted octanol–water partition coefficient (Wildman–Crippen LogP) is 3.91. The molecule has 1 aliphatic heterocycles. The number of nitriles is 1. The van der Waals surface area contributed by atoms with Gasteiger partial charge in [-0.1, -0.05) is 25.1 Å². The van der Waals surface area contributed by atoms with Crippen LogP contribution in [0.25, 0.3) is 11.1 Å². The smallest absolute Gasteiger partial charge is 0.253 e. The Morgan fingerprint density at radius 3 is 2.54 bits per heavy atom. The van der Waals surface area contributed by atoms with Crippen LogP contribution < -0.4 is 4.74 Å². The van der Waals surface area contributed by atoms with Gasteiger partial charge in [0.2, 0.25) is 10.0 Å². The van der Waals surface area contributed by atoms with E-state index in [9.17, 15) is 28.0 Å². The van der Waals surface area contributed by atoms with Gasteiger partial charge in [0.05, 0.1) is 24.8 Å². The molecule has 0 spiro atoms. The molecule has 0 fully saturated rings.